The van der Waals surface area contributed by atoms with Gasteiger partial charge in [-0.05, 0) is 57.3 Å². The van der Waals surface area contributed by atoms with Crippen LogP contribution in [0.15, 0.2) is 24.3 Å². The number of hydrogen-bond acceptors (Lipinski definition) is 2. The molecule has 1 aliphatic rings. The maximum atomic E-state index is 13.7. The second-order valence-corrected chi connectivity index (χ2v) is 5.03. The van der Waals surface area contributed by atoms with Gasteiger partial charge in [0, 0.05) is 13.1 Å². The first-order valence-corrected chi connectivity index (χ1v) is 7.01. The van der Waals surface area contributed by atoms with E-state index in [9.17, 15) is 4.39 Å². The summed E-state index contributed by atoms with van der Waals surface area (Å²) in [5, 5.41) is 3.39. The lowest BCUT2D eigenvalue weighted by Crippen LogP contribution is -2.25. The van der Waals surface area contributed by atoms with Gasteiger partial charge < -0.3 is 10.2 Å². The Balaban J connectivity index is 1.83. The van der Waals surface area contributed by atoms with Crippen LogP contribution in [0.2, 0.25) is 0 Å². The Morgan fingerprint density at radius 1 is 1.39 bits per heavy atom. The first-order valence-electron chi connectivity index (χ1n) is 7.01. The van der Waals surface area contributed by atoms with Crippen LogP contribution in [0.5, 0.6) is 0 Å². The van der Waals surface area contributed by atoms with Crippen LogP contribution < -0.4 is 10.2 Å². The summed E-state index contributed by atoms with van der Waals surface area (Å²) in [7, 11) is 0. The maximum Gasteiger partial charge on any atom is 0.146 e. The first-order chi connectivity index (χ1) is 8.81. The Hall–Kier alpha value is -1.09. The highest BCUT2D eigenvalue weighted by atomic mass is 19.1. The zero-order valence-corrected chi connectivity index (χ0v) is 11.2. The smallest absolute Gasteiger partial charge is 0.146 e. The minimum atomic E-state index is -0.109. The largest absolute Gasteiger partial charge is 0.369 e. The summed E-state index contributed by atoms with van der Waals surface area (Å²) in [6.45, 7) is 6.22. The van der Waals surface area contributed by atoms with Crippen molar-refractivity contribution < 1.29 is 4.39 Å². The molecular weight excluding hydrogens is 227 g/mol. The Labute approximate surface area is 109 Å². The van der Waals surface area contributed by atoms with E-state index >= 15 is 0 Å². The van der Waals surface area contributed by atoms with Gasteiger partial charge in [0.2, 0.25) is 0 Å². The number of nitrogens with zero attached hydrogens (tertiary/aromatic N) is 1. The van der Waals surface area contributed by atoms with Crippen molar-refractivity contribution in [2.45, 2.75) is 26.2 Å². The fourth-order valence-corrected chi connectivity index (χ4v) is 2.69. The van der Waals surface area contributed by atoms with Gasteiger partial charge in [-0.1, -0.05) is 12.1 Å². The van der Waals surface area contributed by atoms with Crippen LogP contribution in [0, 0.1) is 11.7 Å². The Morgan fingerprint density at radius 3 is 2.89 bits per heavy atom. The molecule has 1 atom stereocenters. The lowest BCUT2D eigenvalue weighted by atomic mass is 10.0. The van der Waals surface area contributed by atoms with Crippen LogP contribution in [0.3, 0.4) is 0 Å². The van der Waals surface area contributed by atoms with Crippen molar-refractivity contribution in [3.05, 3.63) is 30.1 Å². The van der Waals surface area contributed by atoms with Gasteiger partial charge in [0.1, 0.15) is 5.82 Å². The number of para-hydroxylation sites is 1. The zero-order chi connectivity index (χ0) is 12.8. The predicted octanol–water partition coefficient (Wildman–Crippen LogP) is 3.04. The zero-order valence-electron chi connectivity index (χ0n) is 11.2. The highest BCUT2D eigenvalue weighted by Gasteiger charge is 2.15. The van der Waals surface area contributed by atoms with Gasteiger partial charge in [0.05, 0.1) is 5.69 Å². The summed E-state index contributed by atoms with van der Waals surface area (Å²) in [5.41, 5.74) is 0.740. The highest BCUT2D eigenvalue weighted by Crippen LogP contribution is 2.20. The number of rotatable bonds is 6. The summed E-state index contributed by atoms with van der Waals surface area (Å²) >= 11 is 0. The summed E-state index contributed by atoms with van der Waals surface area (Å²) in [5.74, 6) is 0.714. The van der Waals surface area contributed by atoms with Gasteiger partial charge >= 0.3 is 0 Å². The molecule has 1 fully saturated rings. The van der Waals surface area contributed by atoms with Gasteiger partial charge in [0.25, 0.3) is 0 Å². The molecule has 100 valence electrons. The van der Waals surface area contributed by atoms with Crippen LogP contribution in [0.1, 0.15) is 26.2 Å². The third kappa shape index (κ3) is 3.45. The molecule has 0 amide bonds. The SMILES string of the molecule is CCN(CCCC1CCNC1)c1ccccc1F. The molecule has 2 nitrogen and oxygen atoms in total. The summed E-state index contributed by atoms with van der Waals surface area (Å²) in [6, 6.07) is 7.06. The van der Waals surface area contributed by atoms with Gasteiger partial charge in [-0.3, -0.25) is 0 Å². The third-order valence-corrected chi connectivity index (χ3v) is 3.78. The number of benzene rings is 1. The molecule has 1 saturated heterocycles. The Kier molecular flexibility index (Phi) is 5.00. The lowest BCUT2D eigenvalue weighted by Gasteiger charge is -2.24. The first kappa shape index (κ1) is 13.3. The van der Waals surface area contributed by atoms with Crippen LogP contribution in [-0.4, -0.2) is 26.2 Å². The molecule has 18 heavy (non-hydrogen) atoms. The molecule has 1 N–H and O–H groups in total. The normalized spacial score (nSPS) is 19.1. The Bertz CT molecular complexity index is 361. The van der Waals surface area contributed by atoms with E-state index in [0.29, 0.717) is 0 Å². The quantitative estimate of drug-likeness (QED) is 0.835. The van der Waals surface area contributed by atoms with Crippen molar-refractivity contribution in [1.82, 2.24) is 5.32 Å². The fraction of sp³-hybridized carbons (Fsp3) is 0.600. The summed E-state index contributed by atoms with van der Waals surface area (Å²) in [6.07, 6.45) is 3.69. The van der Waals surface area contributed by atoms with E-state index in [4.69, 9.17) is 0 Å². The van der Waals surface area contributed by atoms with Crippen LogP contribution in [0.25, 0.3) is 0 Å². The molecule has 1 aromatic carbocycles. The molecule has 0 radical (unpaired) electrons. The van der Waals surface area contributed by atoms with Gasteiger partial charge in [-0.15, -0.1) is 0 Å². The van der Waals surface area contributed by atoms with Crippen molar-refractivity contribution in [2.24, 2.45) is 5.92 Å². The van der Waals surface area contributed by atoms with Crippen molar-refractivity contribution in [3.63, 3.8) is 0 Å². The van der Waals surface area contributed by atoms with Crippen molar-refractivity contribution in [2.75, 3.05) is 31.1 Å². The molecule has 0 bridgehead atoms. The molecule has 0 saturated carbocycles. The van der Waals surface area contributed by atoms with Gasteiger partial charge in [-0.25, -0.2) is 4.39 Å². The van der Waals surface area contributed by atoms with Crippen LogP contribution in [0.4, 0.5) is 10.1 Å². The minimum Gasteiger partial charge on any atom is -0.369 e. The van der Waals surface area contributed by atoms with E-state index in [2.05, 4.69) is 17.1 Å². The van der Waals surface area contributed by atoms with Crippen LogP contribution in [-0.2, 0) is 0 Å². The van der Waals surface area contributed by atoms with E-state index < -0.39 is 0 Å². The molecule has 0 aromatic heterocycles. The third-order valence-electron chi connectivity index (χ3n) is 3.78. The fourth-order valence-electron chi connectivity index (χ4n) is 2.69. The van der Waals surface area contributed by atoms with Crippen molar-refractivity contribution in [3.8, 4) is 0 Å². The summed E-state index contributed by atoms with van der Waals surface area (Å²) in [4.78, 5) is 2.14. The second kappa shape index (κ2) is 6.74. The average molecular weight is 250 g/mol. The molecule has 1 unspecified atom stereocenters. The summed E-state index contributed by atoms with van der Waals surface area (Å²) < 4.78 is 13.7. The van der Waals surface area contributed by atoms with E-state index in [0.717, 1.165) is 44.2 Å². The molecule has 1 aliphatic heterocycles. The number of anilines is 1. The molecule has 1 heterocycles. The standard InChI is InChI=1S/C15H23FN2/c1-2-18(15-8-4-3-7-14(15)16)11-5-6-13-9-10-17-12-13/h3-4,7-8,13,17H,2,5-6,9-12H2,1H3. The molecular formula is C15H23FN2. The topological polar surface area (TPSA) is 15.3 Å². The number of hydrogen-bond donors (Lipinski definition) is 1. The van der Waals surface area contributed by atoms with Crippen molar-refractivity contribution in [1.29, 1.82) is 0 Å². The molecule has 1 aromatic rings. The Morgan fingerprint density at radius 2 is 2.22 bits per heavy atom. The second-order valence-electron chi connectivity index (χ2n) is 5.03. The van der Waals surface area contributed by atoms with Gasteiger partial charge in [-0.2, -0.15) is 0 Å². The molecule has 3 heteroatoms. The number of halogens is 1. The van der Waals surface area contributed by atoms with Crippen LogP contribution >= 0.6 is 0 Å². The monoisotopic (exact) mass is 250 g/mol. The van der Waals surface area contributed by atoms with Gasteiger partial charge in [0.15, 0.2) is 0 Å². The van der Waals surface area contributed by atoms with E-state index in [1.807, 2.05) is 12.1 Å². The van der Waals surface area contributed by atoms with Crippen molar-refractivity contribution >= 4 is 5.69 Å². The number of nitrogens with one attached hydrogen (secondary N) is 1. The van der Waals surface area contributed by atoms with E-state index in [1.54, 1.807) is 12.1 Å². The molecule has 0 spiro atoms. The predicted molar refractivity (Wildman–Crippen MR) is 74.5 cm³/mol. The lowest BCUT2D eigenvalue weighted by molar-refractivity contribution is 0.506. The maximum absolute atomic E-state index is 13.7. The average Bonchev–Trinajstić information content (AvgIpc) is 2.89. The molecule has 0 aliphatic carbocycles. The highest BCUT2D eigenvalue weighted by molar-refractivity contribution is 5.47. The van der Waals surface area contributed by atoms with E-state index in [1.165, 1.54) is 12.8 Å². The minimum absolute atomic E-state index is 0.109. The molecule has 2 rings (SSSR count). The van der Waals surface area contributed by atoms with E-state index in [-0.39, 0.29) is 5.82 Å².